The van der Waals surface area contributed by atoms with Gasteiger partial charge in [0, 0.05) is 6.04 Å². The highest BCUT2D eigenvalue weighted by Gasteiger charge is 2.26. The van der Waals surface area contributed by atoms with Crippen LogP contribution in [0.5, 0.6) is 5.75 Å². The minimum absolute atomic E-state index is 0.0346. The van der Waals surface area contributed by atoms with Gasteiger partial charge in [-0.1, -0.05) is 6.07 Å². The molecule has 2 rings (SSSR count). The standard InChI is InChI=1S/C18H25NO4/c1-12-3-8-16(11-13(12)2)23-10-9-17(20)19-15-6-4-14(5-7-15)18(21)22/h3,8,11,14-15H,4-7,9-10H2,1-2H3,(H,19,20)(H,21,22). The highest BCUT2D eigenvalue weighted by atomic mass is 16.5. The molecule has 0 unspecified atom stereocenters. The number of rotatable bonds is 6. The molecule has 0 radical (unpaired) electrons. The third-order valence-corrected chi connectivity index (χ3v) is 4.52. The predicted octanol–water partition coefficient (Wildman–Crippen LogP) is 2.83. The number of aliphatic carboxylic acids is 1. The summed E-state index contributed by atoms with van der Waals surface area (Å²) in [5.74, 6) is -0.233. The molecular formula is C18H25NO4. The van der Waals surface area contributed by atoms with E-state index < -0.39 is 5.97 Å². The number of carbonyl (C=O) groups is 2. The van der Waals surface area contributed by atoms with Crippen molar-refractivity contribution in [3.05, 3.63) is 29.3 Å². The van der Waals surface area contributed by atoms with Crippen LogP contribution in [0.3, 0.4) is 0 Å². The second kappa shape index (κ2) is 7.99. The maximum atomic E-state index is 11.9. The normalized spacial score (nSPS) is 20.8. The summed E-state index contributed by atoms with van der Waals surface area (Å²) in [6, 6.07) is 5.99. The number of carbonyl (C=O) groups excluding carboxylic acids is 1. The Kier molecular flexibility index (Phi) is 6.02. The molecule has 5 nitrogen and oxygen atoms in total. The van der Waals surface area contributed by atoms with Crippen LogP contribution in [-0.2, 0) is 9.59 Å². The number of amides is 1. The van der Waals surface area contributed by atoms with Gasteiger partial charge in [-0.15, -0.1) is 0 Å². The van der Waals surface area contributed by atoms with Crippen molar-refractivity contribution in [2.75, 3.05) is 6.61 Å². The van der Waals surface area contributed by atoms with Crippen molar-refractivity contribution in [2.45, 2.75) is 52.0 Å². The van der Waals surface area contributed by atoms with Gasteiger partial charge in [-0.2, -0.15) is 0 Å². The lowest BCUT2D eigenvalue weighted by Gasteiger charge is -2.26. The molecule has 1 aromatic carbocycles. The molecule has 1 aliphatic rings. The van der Waals surface area contributed by atoms with Gasteiger partial charge >= 0.3 is 5.97 Å². The number of hydrogen-bond donors (Lipinski definition) is 2. The van der Waals surface area contributed by atoms with Gasteiger partial charge in [-0.05, 0) is 62.8 Å². The van der Waals surface area contributed by atoms with Crippen LogP contribution in [0.1, 0.15) is 43.2 Å². The number of aryl methyl sites for hydroxylation is 2. The number of benzene rings is 1. The van der Waals surface area contributed by atoms with Crippen molar-refractivity contribution in [1.29, 1.82) is 0 Å². The lowest BCUT2D eigenvalue weighted by Crippen LogP contribution is -2.39. The second-order valence-corrected chi connectivity index (χ2v) is 6.30. The average molecular weight is 319 g/mol. The van der Waals surface area contributed by atoms with Gasteiger partial charge in [-0.3, -0.25) is 9.59 Å². The Hall–Kier alpha value is -2.04. The zero-order valence-corrected chi connectivity index (χ0v) is 13.8. The Balaban J connectivity index is 1.67. The molecule has 1 aliphatic carbocycles. The highest BCUT2D eigenvalue weighted by Crippen LogP contribution is 2.24. The van der Waals surface area contributed by atoms with Gasteiger partial charge in [0.15, 0.2) is 0 Å². The SMILES string of the molecule is Cc1ccc(OCCC(=O)NC2CCC(C(=O)O)CC2)cc1C. The largest absolute Gasteiger partial charge is 0.493 e. The summed E-state index contributed by atoms with van der Waals surface area (Å²) in [6.45, 7) is 4.42. The van der Waals surface area contributed by atoms with Crippen LogP contribution in [0.25, 0.3) is 0 Å². The Morgan fingerprint density at radius 2 is 1.87 bits per heavy atom. The van der Waals surface area contributed by atoms with Crippen LogP contribution in [0, 0.1) is 19.8 Å². The summed E-state index contributed by atoms with van der Waals surface area (Å²) in [5.41, 5.74) is 2.38. The second-order valence-electron chi connectivity index (χ2n) is 6.30. The third kappa shape index (κ3) is 5.27. The Labute approximate surface area is 137 Å². The van der Waals surface area contributed by atoms with Gasteiger partial charge < -0.3 is 15.2 Å². The molecule has 1 fully saturated rings. The van der Waals surface area contributed by atoms with E-state index in [-0.39, 0.29) is 17.9 Å². The van der Waals surface area contributed by atoms with E-state index in [1.807, 2.05) is 32.0 Å². The third-order valence-electron chi connectivity index (χ3n) is 4.52. The van der Waals surface area contributed by atoms with Gasteiger partial charge in [-0.25, -0.2) is 0 Å². The molecule has 0 heterocycles. The molecule has 5 heteroatoms. The molecule has 0 bridgehead atoms. The maximum Gasteiger partial charge on any atom is 0.306 e. The number of carboxylic acids is 1. The van der Waals surface area contributed by atoms with Crippen molar-refractivity contribution in [1.82, 2.24) is 5.32 Å². The molecule has 1 aromatic rings. The first-order valence-electron chi connectivity index (χ1n) is 8.18. The minimum atomic E-state index is -0.725. The Bertz CT molecular complexity index is 562. The molecule has 0 saturated heterocycles. The maximum absolute atomic E-state index is 11.9. The van der Waals surface area contributed by atoms with Crippen LogP contribution in [0.15, 0.2) is 18.2 Å². The summed E-state index contributed by atoms with van der Waals surface area (Å²) < 4.78 is 5.61. The lowest BCUT2D eigenvalue weighted by molar-refractivity contribution is -0.142. The van der Waals surface area contributed by atoms with Crippen molar-refractivity contribution in [2.24, 2.45) is 5.92 Å². The molecule has 0 spiro atoms. The Morgan fingerprint density at radius 3 is 2.48 bits per heavy atom. The van der Waals surface area contributed by atoms with Gasteiger partial charge in [0.25, 0.3) is 0 Å². The summed E-state index contributed by atoms with van der Waals surface area (Å²) in [4.78, 5) is 22.8. The van der Waals surface area contributed by atoms with E-state index in [0.717, 1.165) is 18.6 Å². The van der Waals surface area contributed by atoms with E-state index in [0.29, 0.717) is 25.9 Å². The first-order valence-corrected chi connectivity index (χ1v) is 8.18. The van der Waals surface area contributed by atoms with E-state index in [1.54, 1.807) is 0 Å². The van der Waals surface area contributed by atoms with Gasteiger partial charge in [0.05, 0.1) is 18.9 Å². The first-order chi connectivity index (χ1) is 11.0. The van der Waals surface area contributed by atoms with E-state index in [4.69, 9.17) is 9.84 Å². The van der Waals surface area contributed by atoms with Crippen molar-refractivity contribution < 1.29 is 19.4 Å². The monoisotopic (exact) mass is 319 g/mol. The molecule has 0 aromatic heterocycles. The average Bonchev–Trinajstić information content (AvgIpc) is 2.51. The fourth-order valence-electron chi connectivity index (χ4n) is 2.85. The topological polar surface area (TPSA) is 75.6 Å². The van der Waals surface area contributed by atoms with E-state index in [2.05, 4.69) is 5.32 Å². The fraction of sp³-hybridized carbons (Fsp3) is 0.556. The zero-order chi connectivity index (χ0) is 16.8. The quantitative estimate of drug-likeness (QED) is 0.845. The van der Waals surface area contributed by atoms with Crippen LogP contribution in [-0.4, -0.2) is 29.6 Å². The molecule has 2 N–H and O–H groups in total. The number of nitrogens with one attached hydrogen (secondary N) is 1. The summed E-state index contributed by atoms with van der Waals surface area (Å²) in [5, 5.41) is 11.9. The highest BCUT2D eigenvalue weighted by molar-refractivity contribution is 5.76. The lowest BCUT2D eigenvalue weighted by atomic mass is 9.86. The molecule has 23 heavy (non-hydrogen) atoms. The van der Waals surface area contributed by atoms with E-state index >= 15 is 0 Å². The van der Waals surface area contributed by atoms with Crippen molar-refractivity contribution >= 4 is 11.9 Å². The molecule has 1 amide bonds. The fourth-order valence-corrected chi connectivity index (χ4v) is 2.85. The number of ether oxygens (including phenoxy) is 1. The van der Waals surface area contributed by atoms with Crippen molar-refractivity contribution in [3.63, 3.8) is 0 Å². The summed E-state index contributed by atoms with van der Waals surface area (Å²) >= 11 is 0. The zero-order valence-electron chi connectivity index (χ0n) is 13.8. The number of hydrogen-bond acceptors (Lipinski definition) is 3. The smallest absolute Gasteiger partial charge is 0.306 e. The summed E-state index contributed by atoms with van der Waals surface area (Å²) in [7, 11) is 0. The van der Waals surface area contributed by atoms with Crippen LogP contribution >= 0.6 is 0 Å². The van der Waals surface area contributed by atoms with Crippen LogP contribution < -0.4 is 10.1 Å². The predicted molar refractivity (Wildman–Crippen MR) is 87.6 cm³/mol. The molecule has 126 valence electrons. The Morgan fingerprint density at radius 1 is 1.17 bits per heavy atom. The minimum Gasteiger partial charge on any atom is -0.493 e. The molecule has 1 saturated carbocycles. The van der Waals surface area contributed by atoms with Crippen LogP contribution in [0.2, 0.25) is 0 Å². The van der Waals surface area contributed by atoms with Gasteiger partial charge in [0.2, 0.25) is 5.91 Å². The van der Waals surface area contributed by atoms with Crippen LogP contribution in [0.4, 0.5) is 0 Å². The molecule has 0 aliphatic heterocycles. The molecule has 0 atom stereocenters. The summed E-state index contributed by atoms with van der Waals surface area (Å²) in [6.07, 6.45) is 3.06. The van der Waals surface area contributed by atoms with Gasteiger partial charge in [0.1, 0.15) is 5.75 Å². The number of carboxylic acid groups (broad SMARTS) is 1. The molecular weight excluding hydrogens is 294 g/mol. The first kappa shape index (κ1) is 17.3. The van der Waals surface area contributed by atoms with E-state index in [9.17, 15) is 9.59 Å². The van der Waals surface area contributed by atoms with Crippen molar-refractivity contribution in [3.8, 4) is 5.75 Å². The van der Waals surface area contributed by atoms with E-state index in [1.165, 1.54) is 11.1 Å².